The number of hydrogen-bond acceptors (Lipinski definition) is 5. The number of nitriles is 1. The third-order valence-corrected chi connectivity index (χ3v) is 7.49. The molecule has 0 spiro atoms. The lowest BCUT2D eigenvalue weighted by atomic mass is 9.57. The summed E-state index contributed by atoms with van der Waals surface area (Å²) in [6, 6.07) is 22.9. The monoisotopic (exact) mass is 503 g/mol. The molecule has 1 heterocycles. The highest BCUT2D eigenvalue weighted by Crippen LogP contribution is 2.59. The van der Waals surface area contributed by atoms with Crippen molar-refractivity contribution in [2.75, 3.05) is 0 Å². The number of benzene rings is 3. The van der Waals surface area contributed by atoms with Crippen molar-refractivity contribution in [2.45, 2.75) is 24.5 Å². The van der Waals surface area contributed by atoms with Gasteiger partial charge >= 0.3 is 5.54 Å². The van der Waals surface area contributed by atoms with Gasteiger partial charge in [0.05, 0.1) is 11.5 Å². The lowest BCUT2D eigenvalue weighted by Gasteiger charge is -2.48. The molecule has 3 aromatic carbocycles. The zero-order valence-corrected chi connectivity index (χ0v) is 20.0. The number of hydrogen-bond donors (Lipinski definition) is 1. The van der Waals surface area contributed by atoms with E-state index >= 15 is 0 Å². The minimum Gasteiger partial charge on any atom is -0.477 e. The maximum absolute atomic E-state index is 13.1. The topological polar surface area (TPSA) is 100 Å². The lowest BCUT2D eigenvalue weighted by Crippen LogP contribution is -2.62. The van der Waals surface area contributed by atoms with E-state index in [-0.39, 0.29) is 11.3 Å². The summed E-state index contributed by atoms with van der Waals surface area (Å²) in [7, 11) is 0. The summed E-state index contributed by atoms with van der Waals surface area (Å²) in [5, 5.41) is 33.5. The van der Waals surface area contributed by atoms with E-state index in [1.165, 1.54) is 0 Å². The van der Waals surface area contributed by atoms with E-state index < -0.39 is 28.4 Å². The summed E-state index contributed by atoms with van der Waals surface area (Å²) < 4.78 is 6.29. The molecule has 1 N–H and O–H groups in total. The predicted octanol–water partition coefficient (Wildman–Crippen LogP) is 6.87. The number of nitrogens with zero attached hydrogens (tertiary/aromatic N) is 2. The molecule has 8 heteroatoms. The number of halogens is 2. The largest absolute Gasteiger partial charge is 0.477 e. The van der Waals surface area contributed by atoms with E-state index in [1.807, 2.05) is 13.0 Å². The number of nitrogens with one attached hydrogen (secondary N) is 1. The van der Waals surface area contributed by atoms with Crippen LogP contribution in [0.3, 0.4) is 0 Å². The minimum atomic E-state index is -2.03. The molecule has 0 bridgehead atoms. The summed E-state index contributed by atoms with van der Waals surface area (Å²) >= 11 is 12.2. The summed E-state index contributed by atoms with van der Waals surface area (Å²) in [5.74, 6) is -0.728. The number of allylic oxidation sites excluding steroid dienone is 1. The van der Waals surface area contributed by atoms with Crippen molar-refractivity contribution in [1.82, 2.24) is 0 Å². The number of rotatable bonds is 3. The van der Waals surface area contributed by atoms with E-state index in [9.17, 15) is 20.8 Å². The maximum Gasteiger partial charge on any atom is 0.311 e. The van der Waals surface area contributed by atoms with Gasteiger partial charge in [0, 0.05) is 26.1 Å². The lowest BCUT2D eigenvalue weighted by molar-refractivity contribution is -0.568. The second-order valence-electron chi connectivity index (χ2n) is 8.72. The van der Waals surface area contributed by atoms with Gasteiger partial charge in [-0.25, -0.2) is 0 Å². The Balaban J connectivity index is 1.85. The molecular weight excluding hydrogens is 485 g/mol. The van der Waals surface area contributed by atoms with Crippen molar-refractivity contribution in [3.05, 3.63) is 115 Å². The first-order chi connectivity index (χ1) is 16.8. The number of nitro groups is 1. The number of fused-ring (bicyclic) bond motifs is 3. The van der Waals surface area contributed by atoms with E-state index in [2.05, 4.69) is 6.07 Å². The molecule has 1 aliphatic carbocycles. The fourth-order valence-electron chi connectivity index (χ4n) is 5.54. The molecule has 0 saturated carbocycles. The Labute approximate surface area is 212 Å². The van der Waals surface area contributed by atoms with Crippen LogP contribution in [0.25, 0.3) is 5.57 Å². The van der Waals surface area contributed by atoms with Gasteiger partial charge < -0.3 is 4.74 Å². The van der Waals surface area contributed by atoms with Crippen molar-refractivity contribution in [2.24, 2.45) is 5.92 Å². The highest BCUT2D eigenvalue weighted by molar-refractivity contribution is 6.31. The summed E-state index contributed by atoms with van der Waals surface area (Å²) in [6.45, 7) is 1.87. The Morgan fingerprint density at radius 1 is 1.03 bits per heavy atom. The van der Waals surface area contributed by atoms with Gasteiger partial charge in [0.1, 0.15) is 17.5 Å². The average Bonchev–Trinajstić information content (AvgIpc) is 2.86. The Morgan fingerprint density at radius 2 is 1.63 bits per heavy atom. The molecule has 1 unspecified atom stereocenters. The third-order valence-electron chi connectivity index (χ3n) is 6.99. The van der Waals surface area contributed by atoms with Crippen LogP contribution in [-0.4, -0.2) is 16.2 Å². The van der Waals surface area contributed by atoms with Crippen molar-refractivity contribution < 1.29 is 9.66 Å². The standard InChI is InChI=1S/C27H19Cl2N3O3/c1-15-23(16-6-10-18(28)11-7-16)21(14-30)25(31)27(32(33)34)24(15)20-4-2-3-5-22(20)35-26(27)17-8-12-19(29)13-9-17/h2-13,15,24,26,31H,1H3/t15?,24-,26+,27-/m1/s1. The Kier molecular flexibility index (Phi) is 5.63. The van der Waals surface area contributed by atoms with Crippen LogP contribution in [0.15, 0.2) is 78.4 Å². The average molecular weight is 504 g/mol. The van der Waals surface area contributed by atoms with Gasteiger partial charge in [0.25, 0.3) is 0 Å². The molecule has 0 aromatic heterocycles. The molecule has 1 aliphatic heterocycles. The summed E-state index contributed by atoms with van der Waals surface area (Å²) in [6.07, 6.45) is -1.14. The van der Waals surface area contributed by atoms with Gasteiger partial charge in [-0.1, -0.05) is 72.6 Å². The quantitative estimate of drug-likeness (QED) is 0.311. The van der Waals surface area contributed by atoms with Crippen molar-refractivity contribution in [1.29, 1.82) is 10.7 Å². The molecule has 4 atom stereocenters. The second-order valence-corrected chi connectivity index (χ2v) is 9.59. The first-order valence-electron chi connectivity index (χ1n) is 11.0. The molecule has 0 saturated heterocycles. The van der Waals surface area contributed by atoms with Gasteiger partial charge in [0.2, 0.25) is 6.10 Å². The molecule has 35 heavy (non-hydrogen) atoms. The molecule has 0 amide bonds. The summed E-state index contributed by atoms with van der Waals surface area (Å²) in [4.78, 5) is 12.6. The number of ether oxygens (including phenoxy) is 1. The summed E-state index contributed by atoms with van der Waals surface area (Å²) in [5.41, 5.74) is 0.0188. The van der Waals surface area contributed by atoms with Crippen molar-refractivity contribution in [3.8, 4) is 11.8 Å². The minimum absolute atomic E-state index is 0.0188. The van der Waals surface area contributed by atoms with Crippen LogP contribution in [0.5, 0.6) is 5.75 Å². The second kappa shape index (κ2) is 8.53. The van der Waals surface area contributed by atoms with Crippen molar-refractivity contribution >= 4 is 34.5 Å². The molecule has 0 radical (unpaired) electrons. The van der Waals surface area contributed by atoms with Gasteiger partial charge in [0.15, 0.2) is 0 Å². The van der Waals surface area contributed by atoms with Gasteiger partial charge in [-0.2, -0.15) is 5.26 Å². The highest BCUT2D eigenvalue weighted by atomic mass is 35.5. The van der Waals surface area contributed by atoms with Crippen LogP contribution in [0, 0.1) is 32.8 Å². The SMILES string of the molecule is CC1C(c2ccc(Cl)cc2)=C(C#N)C(=N)[C@@]2([N+](=O)[O-])[C@H](c3ccc(Cl)cc3)Oc3ccccc3[C@@H]12. The van der Waals surface area contributed by atoms with Crippen LogP contribution < -0.4 is 4.74 Å². The smallest absolute Gasteiger partial charge is 0.311 e. The molecular formula is C27H19Cl2N3O3. The number of para-hydroxylation sites is 1. The predicted molar refractivity (Wildman–Crippen MR) is 135 cm³/mol. The Hall–Kier alpha value is -3.66. The van der Waals surface area contributed by atoms with Crippen molar-refractivity contribution in [3.63, 3.8) is 0 Å². The highest BCUT2D eigenvalue weighted by Gasteiger charge is 2.69. The van der Waals surface area contributed by atoms with Gasteiger partial charge in [-0.3, -0.25) is 15.5 Å². The van der Waals surface area contributed by atoms with Crippen LogP contribution in [0.1, 0.15) is 35.6 Å². The molecule has 3 aromatic rings. The third kappa shape index (κ3) is 3.35. The van der Waals surface area contributed by atoms with Crippen LogP contribution in [0.2, 0.25) is 10.0 Å². The molecule has 174 valence electrons. The maximum atomic E-state index is 13.1. The molecule has 0 fully saturated rings. The molecule has 2 aliphatic rings. The van der Waals surface area contributed by atoms with Crippen LogP contribution in [0.4, 0.5) is 0 Å². The first-order valence-corrected chi connectivity index (χ1v) is 11.7. The fourth-order valence-corrected chi connectivity index (χ4v) is 5.79. The van der Waals surface area contributed by atoms with E-state index in [4.69, 9.17) is 27.9 Å². The van der Waals surface area contributed by atoms with Gasteiger partial charge in [-0.15, -0.1) is 0 Å². The molecule has 5 rings (SSSR count). The van der Waals surface area contributed by atoms with E-state index in [0.717, 1.165) is 0 Å². The molecule has 6 nitrogen and oxygen atoms in total. The van der Waals surface area contributed by atoms with E-state index in [1.54, 1.807) is 66.7 Å². The van der Waals surface area contributed by atoms with Crippen LogP contribution >= 0.6 is 23.2 Å². The van der Waals surface area contributed by atoms with Crippen LogP contribution in [-0.2, 0) is 0 Å². The normalized spacial score (nSPS) is 25.2. The Morgan fingerprint density at radius 3 is 2.23 bits per heavy atom. The zero-order valence-electron chi connectivity index (χ0n) is 18.5. The van der Waals surface area contributed by atoms with Gasteiger partial charge in [-0.05, 0) is 47.4 Å². The fraction of sp³-hybridized carbons (Fsp3) is 0.185. The Bertz CT molecular complexity index is 1430. The van der Waals surface area contributed by atoms with E-state index in [0.29, 0.717) is 38.1 Å². The first kappa shape index (κ1) is 23.1. The zero-order chi connectivity index (χ0) is 24.9.